The van der Waals surface area contributed by atoms with Gasteiger partial charge in [0.1, 0.15) is 0 Å². The highest BCUT2D eigenvalue weighted by Crippen LogP contribution is 2.22. The summed E-state index contributed by atoms with van der Waals surface area (Å²) in [4.78, 5) is 13.5. The maximum absolute atomic E-state index is 11.8. The van der Waals surface area contributed by atoms with Crippen LogP contribution >= 0.6 is 11.8 Å². The van der Waals surface area contributed by atoms with E-state index in [0.717, 1.165) is 17.9 Å². The van der Waals surface area contributed by atoms with Gasteiger partial charge in [-0.05, 0) is 12.2 Å². The summed E-state index contributed by atoms with van der Waals surface area (Å²) in [7, 11) is 1.83. The Bertz CT molecular complexity index is 307. The average molecular weight is 212 g/mol. The van der Waals surface area contributed by atoms with Crippen molar-refractivity contribution in [2.24, 2.45) is 0 Å². The smallest absolute Gasteiger partial charge is 0.276 e. The Morgan fingerprint density at radius 1 is 1.79 bits per heavy atom. The van der Waals surface area contributed by atoms with Crippen LogP contribution in [0.4, 0.5) is 0 Å². The van der Waals surface area contributed by atoms with Crippen molar-refractivity contribution in [1.29, 1.82) is 0 Å². The number of hydrogen-bond donors (Lipinski definition) is 1. The number of hydrogen-bond acceptors (Lipinski definition) is 4. The highest BCUT2D eigenvalue weighted by Gasteiger charge is 2.25. The second kappa shape index (κ2) is 4.00. The van der Waals surface area contributed by atoms with Crippen molar-refractivity contribution in [2.75, 3.05) is 18.6 Å². The van der Waals surface area contributed by atoms with Crippen molar-refractivity contribution in [3.8, 4) is 0 Å². The summed E-state index contributed by atoms with van der Waals surface area (Å²) in [6.07, 6.45) is 2.53. The summed E-state index contributed by atoms with van der Waals surface area (Å²) < 4.78 is 0. The van der Waals surface area contributed by atoms with E-state index < -0.39 is 0 Å². The van der Waals surface area contributed by atoms with E-state index in [-0.39, 0.29) is 5.91 Å². The van der Waals surface area contributed by atoms with Gasteiger partial charge in [0, 0.05) is 18.8 Å². The fourth-order valence-electron chi connectivity index (χ4n) is 1.48. The molecule has 1 aromatic rings. The summed E-state index contributed by atoms with van der Waals surface area (Å²) >= 11 is 1.89. The largest absolute Gasteiger partial charge is 0.336 e. The van der Waals surface area contributed by atoms with Gasteiger partial charge in [0.05, 0.1) is 6.20 Å². The van der Waals surface area contributed by atoms with Crippen molar-refractivity contribution in [1.82, 2.24) is 20.3 Å². The predicted octanol–water partition coefficient (Wildman–Crippen LogP) is 0.382. The maximum atomic E-state index is 11.8. The van der Waals surface area contributed by atoms with Gasteiger partial charge in [0.15, 0.2) is 5.69 Å². The Kier molecular flexibility index (Phi) is 2.72. The molecular formula is C8H12N4OS. The average Bonchev–Trinajstić information content (AvgIpc) is 2.87. The van der Waals surface area contributed by atoms with Crippen LogP contribution in [0.1, 0.15) is 16.9 Å². The first-order valence-electron chi connectivity index (χ1n) is 4.49. The third-order valence-electron chi connectivity index (χ3n) is 2.41. The van der Waals surface area contributed by atoms with E-state index in [4.69, 9.17) is 0 Å². The summed E-state index contributed by atoms with van der Waals surface area (Å²) in [5.74, 6) is 2.12. The lowest BCUT2D eigenvalue weighted by atomic mass is 10.2. The minimum Gasteiger partial charge on any atom is -0.336 e. The molecule has 0 aliphatic carbocycles. The number of carbonyl (C=O) groups is 1. The first-order valence-corrected chi connectivity index (χ1v) is 5.65. The van der Waals surface area contributed by atoms with Crippen molar-refractivity contribution in [2.45, 2.75) is 12.5 Å². The van der Waals surface area contributed by atoms with Crippen LogP contribution in [0.2, 0.25) is 0 Å². The zero-order valence-corrected chi connectivity index (χ0v) is 8.75. The molecule has 1 fully saturated rings. The Morgan fingerprint density at radius 3 is 3.21 bits per heavy atom. The minimum absolute atomic E-state index is 0.0498. The van der Waals surface area contributed by atoms with Crippen LogP contribution < -0.4 is 0 Å². The van der Waals surface area contributed by atoms with Crippen molar-refractivity contribution in [3.05, 3.63) is 11.9 Å². The number of H-pyrrole nitrogens is 1. The van der Waals surface area contributed by atoms with E-state index in [1.54, 1.807) is 4.90 Å². The van der Waals surface area contributed by atoms with Crippen molar-refractivity contribution in [3.63, 3.8) is 0 Å². The van der Waals surface area contributed by atoms with Crippen LogP contribution in [0.25, 0.3) is 0 Å². The molecule has 1 N–H and O–H groups in total. The monoisotopic (exact) mass is 212 g/mol. The molecule has 1 atom stereocenters. The molecule has 0 radical (unpaired) electrons. The quantitative estimate of drug-likeness (QED) is 0.770. The van der Waals surface area contributed by atoms with Gasteiger partial charge in [-0.15, -0.1) is 0 Å². The van der Waals surface area contributed by atoms with E-state index in [9.17, 15) is 4.79 Å². The number of aromatic amines is 1. The van der Waals surface area contributed by atoms with Crippen LogP contribution in [-0.2, 0) is 0 Å². The molecule has 1 amide bonds. The van der Waals surface area contributed by atoms with Gasteiger partial charge in [0.25, 0.3) is 5.91 Å². The van der Waals surface area contributed by atoms with Crippen LogP contribution in [-0.4, -0.2) is 50.8 Å². The molecule has 5 nitrogen and oxygen atoms in total. The SMILES string of the molecule is CN(C(=O)c1cn[nH]n1)C1CCSC1. The highest BCUT2D eigenvalue weighted by atomic mass is 32.2. The molecule has 6 heteroatoms. The molecular weight excluding hydrogens is 200 g/mol. The summed E-state index contributed by atoms with van der Waals surface area (Å²) in [6, 6.07) is 0.351. The molecule has 0 spiro atoms. The Hall–Kier alpha value is -1.04. The fraction of sp³-hybridized carbons (Fsp3) is 0.625. The minimum atomic E-state index is -0.0498. The molecule has 1 aromatic heterocycles. The van der Waals surface area contributed by atoms with E-state index in [1.807, 2.05) is 18.8 Å². The molecule has 1 aliphatic heterocycles. The Labute approximate surface area is 86.2 Å². The van der Waals surface area contributed by atoms with Crippen molar-refractivity contribution >= 4 is 17.7 Å². The lowest BCUT2D eigenvalue weighted by molar-refractivity contribution is 0.0742. The molecule has 0 aromatic carbocycles. The normalized spacial score (nSPS) is 21.1. The van der Waals surface area contributed by atoms with E-state index in [1.165, 1.54) is 6.20 Å². The van der Waals surface area contributed by atoms with Gasteiger partial charge < -0.3 is 4.90 Å². The summed E-state index contributed by atoms with van der Waals surface area (Å²) in [5, 5.41) is 9.84. The van der Waals surface area contributed by atoms with Gasteiger partial charge in [-0.3, -0.25) is 4.79 Å². The number of nitrogens with one attached hydrogen (secondary N) is 1. The van der Waals surface area contributed by atoms with E-state index in [0.29, 0.717) is 11.7 Å². The number of aromatic nitrogens is 3. The maximum Gasteiger partial charge on any atom is 0.276 e. The van der Waals surface area contributed by atoms with Gasteiger partial charge in [0.2, 0.25) is 0 Å². The number of nitrogens with zero attached hydrogens (tertiary/aromatic N) is 3. The lowest BCUT2D eigenvalue weighted by Gasteiger charge is -2.22. The zero-order valence-electron chi connectivity index (χ0n) is 7.93. The van der Waals surface area contributed by atoms with Gasteiger partial charge in [-0.25, -0.2) is 0 Å². The van der Waals surface area contributed by atoms with Crippen LogP contribution in [0.5, 0.6) is 0 Å². The molecule has 2 heterocycles. The van der Waals surface area contributed by atoms with Crippen LogP contribution in [0.3, 0.4) is 0 Å². The molecule has 14 heavy (non-hydrogen) atoms. The molecule has 0 bridgehead atoms. The molecule has 2 rings (SSSR count). The topological polar surface area (TPSA) is 61.9 Å². The molecule has 76 valence electrons. The summed E-state index contributed by atoms with van der Waals surface area (Å²) in [6.45, 7) is 0. The van der Waals surface area contributed by atoms with Crippen LogP contribution in [0.15, 0.2) is 6.20 Å². The number of rotatable bonds is 2. The molecule has 1 aliphatic rings. The first-order chi connectivity index (χ1) is 6.79. The number of thioether (sulfide) groups is 1. The van der Waals surface area contributed by atoms with Crippen molar-refractivity contribution < 1.29 is 4.79 Å². The Balaban J connectivity index is 2.04. The van der Waals surface area contributed by atoms with Gasteiger partial charge in [-0.1, -0.05) is 0 Å². The molecule has 1 unspecified atom stereocenters. The second-order valence-electron chi connectivity index (χ2n) is 3.29. The second-order valence-corrected chi connectivity index (χ2v) is 4.44. The standard InChI is InChI=1S/C8H12N4OS/c1-12(6-2-3-14-5-6)8(13)7-4-9-11-10-7/h4,6H,2-3,5H2,1H3,(H,9,10,11). The number of amides is 1. The van der Waals surface area contributed by atoms with E-state index in [2.05, 4.69) is 15.4 Å². The highest BCUT2D eigenvalue weighted by molar-refractivity contribution is 7.99. The lowest BCUT2D eigenvalue weighted by Crippen LogP contribution is -2.37. The first kappa shape index (κ1) is 9.51. The van der Waals surface area contributed by atoms with E-state index >= 15 is 0 Å². The Morgan fingerprint density at radius 2 is 2.64 bits per heavy atom. The predicted molar refractivity (Wildman–Crippen MR) is 54.2 cm³/mol. The van der Waals surface area contributed by atoms with Crippen LogP contribution in [0, 0.1) is 0 Å². The molecule has 1 saturated heterocycles. The third kappa shape index (κ3) is 1.75. The fourth-order valence-corrected chi connectivity index (χ4v) is 2.75. The summed E-state index contributed by atoms with van der Waals surface area (Å²) in [5.41, 5.74) is 0.393. The zero-order chi connectivity index (χ0) is 9.97. The number of carbonyl (C=O) groups excluding carboxylic acids is 1. The van der Waals surface area contributed by atoms with Gasteiger partial charge in [-0.2, -0.15) is 27.2 Å². The van der Waals surface area contributed by atoms with Gasteiger partial charge >= 0.3 is 0 Å². The third-order valence-corrected chi connectivity index (χ3v) is 3.55. The molecule has 0 saturated carbocycles.